The summed E-state index contributed by atoms with van der Waals surface area (Å²) in [6, 6.07) is 0. The van der Waals surface area contributed by atoms with Crippen LogP contribution in [0.25, 0.3) is 0 Å². The Morgan fingerprint density at radius 3 is 2.42 bits per heavy atom. The van der Waals surface area contributed by atoms with Gasteiger partial charge in [-0.25, -0.2) is 8.42 Å². The minimum Gasteiger partial charge on any atom is -0.298 e. The van der Waals surface area contributed by atoms with Gasteiger partial charge in [-0.2, -0.15) is 0 Å². The molecule has 0 aromatic rings. The zero-order valence-corrected chi connectivity index (χ0v) is 7.89. The molecule has 0 unspecified atom stereocenters. The van der Waals surface area contributed by atoms with Crippen LogP contribution >= 0.6 is 0 Å². The number of sulfone groups is 1. The normalized spacial score (nSPS) is 24.8. The summed E-state index contributed by atoms with van der Waals surface area (Å²) in [6.07, 6.45) is 3.68. The van der Waals surface area contributed by atoms with E-state index in [0.29, 0.717) is 24.6 Å². The van der Waals surface area contributed by atoms with Crippen molar-refractivity contribution < 1.29 is 8.42 Å². The van der Waals surface area contributed by atoms with E-state index in [2.05, 4.69) is 11.8 Å². The molecule has 1 aliphatic rings. The van der Waals surface area contributed by atoms with Crippen molar-refractivity contribution >= 4 is 9.84 Å². The zero-order valence-electron chi connectivity index (χ0n) is 7.07. The molecular weight excluding hydrogens is 174 g/mol. The number of hydrogen-bond acceptors (Lipinski definition) is 3. The Labute approximate surface area is 74.0 Å². The molecule has 0 aliphatic carbocycles. The molecule has 69 valence electrons. The molecule has 1 aliphatic heterocycles. The van der Waals surface area contributed by atoms with Gasteiger partial charge >= 0.3 is 0 Å². The van der Waals surface area contributed by atoms with Crippen molar-refractivity contribution in [2.24, 2.45) is 0 Å². The second-order valence-electron chi connectivity index (χ2n) is 2.92. The maximum absolute atomic E-state index is 11.0. The van der Waals surface area contributed by atoms with E-state index in [1.165, 1.54) is 0 Å². The summed E-state index contributed by atoms with van der Waals surface area (Å²) in [7, 11) is -2.72. The Morgan fingerprint density at radius 2 is 1.92 bits per heavy atom. The van der Waals surface area contributed by atoms with E-state index >= 15 is 0 Å². The third-order valence-corrected chi connectivity index (χ3v) is 3.58. The predicted molar refractivity (Wildman–Crippen MR) is 49.6 cm³/mol. The largest absolute Gasteiger partial charge is 0.298 e. The molecule has 0 aromatic heterocycles. The molecule has 1 rings (SSSR count). The lowest BCUT2D eigenvalue weighted by molar-refractivity contribution is 0.327. The van der Waals surface area contributed by atoms with E-state index in [-0.39, 0.29) is 0 Å². The number of nitrogens with zero attached hydrogens (tertiary/aromatic N) is 1. The van der Waals surface area contributed by atoms with E-state index < -0.39 is 9.84 Å². The van der Waals surface area contributed by atoms with Gasteiger partial charge in [-0.15, -0.1) is 0 Å². The quantitative estimate of drug-likeness (QED) is 0.617. The fourth-order valence-electron chi connectivity index (χ4n) is 1.16. The Kier molecular flexibility index (Phi) is 3.29. The van der Waals surface area contributed by atoms with Gasteiger partial charge in [-0.3, -0.25) is 4.90 Å². The highest BCUT2D eigenvalue weighted by Gasteiger charge is 2.20. The molecule has 1 heterocycles. The fraction of sp³-hybridized carbons (Fsp3) is 0.625. The van der Waals surface area contributed by atoms with Gasteiger partial charge in [-0.1, -0.05) is 12.2 Å². The van der Waals surface area contributed by atoms with Gasteiger partial charge in [0.2, 0.25) is 0 Å². The average Bonchev–Trinajstić information content (AvgIpc) is 2.03. The van der Waals surface area contributed by atoms with Gasteiger partial charge in [0.25, 0.3) is 0 Å². The van der Waals surface area contributed by atoms with Crippen molar-refractivity contribution in [3.05, 3.63) is 19.1 Å². The summed E-state index contributed by atoms with van der Waals surface area (Å²) in [5, 5.41) is 0. The Hall–Kier alpha value is -0.350. The molecular formula is C8H14NO2S. The lowest BCUT2D eigenvalue weighted by atomic mass is 10.4. The van der Waals surface area contributed by atoms with Crippen LogP contribution in [0.15, 0.2) is 12.2 Å². The van der Waals surface area contributed by atoms with Crippen LogP contribution < -0.4 is 0 Å². The molecule has 3 nitrogen and oxygen atoms in total. The minimum atomic E-state index is -2.72. The van der Waals surface area contributed by atoms with Crippen LogP contribution in [0.5, 0.6) is 0 Å². The van der Waals surface area contributed by atoms with E-state index in [1.807, 2.05) is 6.08 Å². The van der Waals surface area contributed by atoms with Crippen LogP contribution in [0.4, 0.5) is 0 Å². The predicted octanol–water partition coefficient (Wildman–Crippen LogP) is 0.107. The zero-order chi connectivity index (χ0) is 9.03. The maximum atomic E-state index is 11.0. The number of hydrogen-bond donors (Lipinski definition) is 0. The number of allylic oxidation sites excluding steroid dienone is 1. The minimum absolute atomic E-state index is 0.304. The molecule has 1 radical (unpaired) electrons. The highest BCUT2D eigenvalue weighted by atomic mass is 32.2. The van der Waals surface area contributed by atoms with Gasteiger partial charge in [0.1, 0.15) is 0 Å². The van der Waals surface area contributed by atoms with Crippen LogP contribution in [-0.2, 0) is 9.84 Å². The van der Waals surface area contributed by atoms with Crippen LogP contribution in [0.3, 0.4) is 0 Å². The molecule has 4 heteroatoms. The van der Waals surface area contributed by atoms with Crippen LogP contribution in [0.2, 0.25) is 0 Å². The highest BCUT2D eigenvalue weighted by molar-refractivity contribution is 7.91. The van der Waals surface area contributed by atoms with Gasteiger partial charge in [0, 0.05) is 19.6 Å². The summed E-state index contributed by atoms with van der Waals surface area (Å²) in [6.45, 7) is 5.71. The van der Waals surface area contributed by atoms with E-state index in [4.69, 9.17) is 0 Å². The topological polar surface area (TPSA) is 37.4 Å². The first-order valence-corrected chi connectivity index (χ1v) is 5.83. The monoisotopic (exact) mass is 188 g/mol. The summed E-state index contributed by atoms with van der Waals surface area (Å²) in [5.74, 6) is 0.607. The third-order valence-electron chi connectivity index (χ3n) is 1.97. The first kappa shape index (κ1) is 9.74. The second-order valence-corrected chi connectivity index (χ2v) is 5.23. The van der Waals surface area contributed by atoms with Gasteiger partial charge in [0.15, 0.2) is 9.84 Å². The van der Waals surface area contributed by atoms with E-state index in [9.17, 15) is 8.42 Å². The molecule has 0 atom stereocenters. The van der Waals surface area contributed by atoms with Gasteiger partial charge in [-0.05, 0) is 6.92 Å². The van der Waals surface area contributed by atoms with Gasteiger partial charge in [0.05, 0.1) is 11.5 Å². The molecule has 1 fully saturated rings. The maximum Gasteiger partial charge on any atom is 0.152 e. The van der Waals surface area contributed by atoms with E-state index in [1.54, 1.807) is 6.08 Å². The lowest BCUT2D eigenvalue weighted by Crippen LogP contribution is -2.40. The van der Waals surface area contributed by atoms with Crippen molar-refractivity contribution in [1.29, 1.82) is 0 Å². The van der Waals surface area contributed by atoms with E-state index in [0.717, 1.165) is 6.54 Å². The molecule has 0 N–H and O–H groups in total. The third kappa shape index (κ3) is 2.95. The SMILES string of the molecule is [CH2]/C=C/CN1CCS(=O)(=O)CC1. The van der Waals surface area contributed by atoms with Crippen LogP contribution in [0.1, 0.15) is 0 Å². The van der Waals surface area contributed by atoms with Crippen molar-refractivity contribution in [2.75, 3.05) is 31.1 Å². The van der Waals surface area contributed by atoms with Gasteiger partial charge < -0.3 is 0 Å². The van der Waals surface area contributed by atoms with Crippen LogP contribution in [0, 0.1) is 6.92 Å². The first-order chi connectivity index (χ1) is 5.64. The molecule has 0 amide bonds. The molecule has 1 saturated heterocycles. The molecule has 0 bridgehead atoms. The first-order valence-electron chi connectivity index (χ1n) is 4.01. The lowest BCUT2D eigenvalue weighted by Gasteiger charge is -2.24. The smallest absolute Gasteiger partial charge is 0.152 e. The Balaban J connectivity index is 2.36. The van der Waals surface area contributed by atoms with Crippen molar-refractivity contribution in [3.63, 3.8) is 0 Å². The van der Waals surface area contributed by atoms with Crippen molar-refractivity contribution in [1.82, 2.24) is 4.90 Å². The summed E-state index contributed by atoms with van der Waals surface area (Å²) in [4.78, 5) is 2.11. The Morgan fingerprint density at radius 1 is 1.33 bits per heavy atom. The summed E-state index contributed by atoms with van der Waals surface area (Å²) >= 11 is 0. The number of rotatable bonds is 2. The molecule has 0 aromatic carbocycles. The van der Waals surface area contributed by atoms with Crippen LogP contribution in [-0.4, -0.2) is 44.5 Å². The summed E-state index contributed by atoms with van der Waals surface area (Å²) < 4.78 is 22.0. The Bertz CT molecular complexity index is 242. The molecule has 12 heavy (non-hydrogen) atoms. The summed E-state index contributed by atoms with van der Waals surface area (Å²) in [5.41, 5.74) is 0. The fourth-order valence-corrected chi connectivity index (χ4v) is 2.43. The second kappa shape index (κ2) is 4.05. The average molecular weight is 188 g/mol. The van der Waals surface area contributed by atoms with Crippen molar-refractivity contribution in [2.45, 2.75) is 0 Å². The highest BCUT2D eigenvalue weighted by Crippen LogP contribution is 2.02. The standard InChI is InChI=1S/C8H14NO2S/c1-2-3-4-9-5-7-12(10,11)8-6-9/h2-3H,1,4-8H2/b3-2+. The molecule has 0 spiro atoms. The van der Waals surface area contributed by atoms with Crippen molar-refractivity contribution in [3.8, 4) is 0 Å². The molecule has 0 saturated carbocycles.